The molecule has 5 nitrogen and oxygen atoms in total. The normalized spacial score (nSPS) is 25.1. The summed E-state index contributed by atoms with van der Waals surface area (Å²) >= 11 is 0. The number of anilines is 1. The Balaban J connectivity index is 1.38. The van der Waals surface area contributed by atoms with E-state index in [1.165, 1.54) is 22.0 Å². The second-order valence-corrected chi connectivity index (χ2v) is 16.5. The highest BCUT2D eigenvalue weighted by atomic mass is 28.4. The minimum Gasteiger partial charge on any atom is -0.413 e. The maximum Gasteiger partial charge on any atom is 0.192 e. The van der Waals surface area contributed by atoms with Crippen LogP contribution >= 0.6 is 0 Å². The van der Waals surface area contributed by atoms with Crippen LogP contribution in [0.15, 0.2) is 48.8 Å². The first-order chi connectivity index (χ1) is 16.2. The van der Waals surface area contributed by atoms with Gasteiger partial charge >= 0.3 is 0 Å². The van der Waals surface area contributed by atoms with Gasteiger partial charge in [-0.2, -0.15) is 0 Å². The van der Waals surface area contributed by atoms with Crippen LogP contribution in [-0.4, -0.2) is 35.7 Å². The van der Waals surface area contributed by atoms with Crippen LogP contribution in [0.4, 0.5) is 5.82 Å². The van der Waals surface area contributed by atoms with E-state index in [1.54, 1.807) is 0 Å². The van der Waals surface area contributed by atoms with E-state index in [1.807, 2.05) is 6.20 Å². The van der Waals surface area contributed by atoms with E-state index in [0.29, 0.717) is 12.1 Å². The topological polar surface area (TPSA) is 59.3 Å². The number of pyridine rings is 1. The molecule has 0 aliphatic heterocycles. The third kappa shape index (κ3) is 4.21. The van der Waals surface area contributed by atoms with Gasteiger partial charge in [-0.25, -0.2) is 4.98 Å². The average molecular weight is 478 g/mol. The Labute approximate surface area is 204 Å². The molecule has 0 unspecified atom stereocenters. The van der Waals surface area contributed by atoms with E-state index in [4.69, 9.17) is 9.41 Å². The van der Waals surface area contributed by atoms with Gasteiger partial charge in [-0.3, -0.25) is 0 Å². The van der Waals surface area contributed by atoms with Crippen molar-refractivity contribution >= 4 is 25.0 Å². The number of hydrogen-bond donors (Lipinski definition) is 2. The zero-order valence-electron chi connectivity index (χ0n) is 21.2. The monoisotopic (exact) mass is 477 g/mol. The van der Waals surface area contributed by atoms with Crippen molar-refractivity contribution in [2.45, 2.75) is 82.8 Å². The largest absolute Gasteiger partial charge is 0.413 e. The molecule has 4 atom stereocenters. The number of nitrogens with one attached hydrogen (secondary N) is 1. The summed E-state index contributed by atoms with van der Waals surface area (Å²) < 4.78 is 9.18. The lowest BCUT2D eigenvalue weighted by molar-refractivity contribution is 0.0979. The molecule has 182 valence electrons. The van der Waals surface area contributed by atoms with Gasteiger partial charge in [0.05, 0.1) is 17.7 Å². The van der Waals surface area contributed by atoms with Crippen LogP contribution in [0.1, 0.15) is 63.2 Å². The molecule has 2 aliphatic rings. The molecule has 6 heteroatoms. The Bertz CT molecular complexity index is 1170. The number of fused-ring (bicyclic) bond motifs is 2. The molecule has 2 aromatic heterocycles. The summed E-state index contributed by atoms with van der Waals surface area (Å²) in [6.07, 6.45) is 8.35. The number of aliphatic hydroxyl groups is 1. The van der Waals surface area contributed by atoms with E-state index >= 15 is 0 Å². The van der Waals surface area contributed by atoms with Gasteiger partial charge in [-0.15, -0.1) is 0 Å². The first kappa shape index (κ1) is 23.6. The fraction of sp³-hybridized carbons (Fsp3) is 0.536. The Morgan fingerprint density at radius 1 is 1.15 bits per heavy atom. The van der Waals surface area contributed by atoms with Crippen LogP contribution in [-0.2, 0) is 10.8 Å². The molecule has 2 aliphatic carbocycles. The summed E-state index contributed by atoms with van der Waals surface area (Å²) in [7, 11) is -1.90. The Kier molecular flexibility index (Phi) is 6.11. The minimum atomic E-state index is -1.90. The molecule has 5 rings (SSSR count). The summed E-state index contributed by atoms with van der Waals surface area (Å²) in [5.74, 6) is 1.15. The summed E-state index contributed by atoms with van der Waals surface area (Å²) in [6.45, 7) is 11.6. The van der Waals surface area contributed by atoms with E-state index in [2.05, 4.69) is 86.3 Å². The Hall–Kier alpha value is -2.15. The number of hydrogen-bond acceptors (Lipinski definition) is 4. The highest BCUT2D eigenvalue weighted by molar-refractivity contribution is 6.74. The van der Waals surface area contributed by atoms with Crippen LogP contribution in [0.25, 0.3) is 10.9 Å². The lowest BCUT2D eigenvalue weighted by atomic mass is 10.1. The SMILES string of the molecule is CC(C)(C)[Si](C)(C)O[C@H]1C[C@H](n2ccc3c(N[C@H]4CCc5ccccc54)nccc32)C[C@H]1CO. The molecule has 0 spiro atoms. The van der Waals surface area contributed by atoms with Crippen molar-refractivity contribution in [3.8, 4) is 0 Å². The number of benzene rings is 1. The third-order valence-corrected chi connectivity index (χ3v) is 13.1. The molecule has 1 saturated carbocycles. The van der Waals surface area contributed by atoms with Crippen LogP contribution in [0.3, 0.4) is 0 Å². The zero-order chi connectivity index (χ0) is 24.1. The van der Waals surface area contributed by atoms with Gasteiger partial charge in [0.2, 0.25) is 0 Å². The molecular formula is C28H39N3O2Si. The van der Waals surface area contributed by atoms with Gasteiger partial charge in [0.15, 0.2) is 8.32 Å². The lowest BCUT2D eigenvalue weighted by Gasteiger charge is -2.39. The molecule has 34 heavy (non-hydrogen) atoms. The predicted molar refractivity (Wildman–Crippen MR) is 142 cm³/mol. The fourth-order valence-electron chi connectivity index (χ4n) is 5.57. The highest BCUT2D eigenvalue weighted by Crippen LogP contribution is 2.44. The van der Waals surface area contributed by atoms with Gasteiger partial charge in [0.25, 0.3) is 0 Å². The number of rotatable bonds is 6. The Morgan fingerprint density at radius 2 is 1.94 bits per heavy atom. The highest BCUT2D eigenvalue weighted by Gasteiger charge is 2.44. The molecule has 0 radical (unpaired) electrons. The van der Waals surface area contributed by atoms with Gasteiger partial charge in [-0.05, 0) is 67.1 Å². The third-order valence-electron chi connectivity index (χ3n) is 8.58. The molecule has 1 aromatic carbocycles. The standard InChI is InChI=1S/C28H39N3O2Si/c1-28(2,3)34(4,5)33-26-17-21(16-20(26)18-32)31-15-13-23-25(31)12-14-29-27(23)30-24-11-10-19-8-6-7-9-22(19)24/h6-9,12-15,20-21,24,26,32H,10-11,16-18H2,1-5H3,(H,29,30)/t20-,21+,24-,26-/m0/s1. The van der Waals surface area contributed by atoms with Crippen molar-refractivity contribution in [3.05, 3.63) is 59.9 Å². The summed E-state index contributed by atoms with van der Waals surface area (Å²) in [4.78, 5) is 4.72. The lowest BCUT2D eigenvalue weighted by Crippen LogP contribution is -2.45. The van der Waals surface area contributed by atoms with Crippen LogP contribution in [0.5, 0.6) is 0 Å². The minimum absolute atomic E-state index is 0.114. The van der Waals surface area contributed by atoms with E-state index in [0.717, 1.165) is 31.5 Å². The maximum atomic E-state index is 10.2. The van der Waals surface area contributed by atoms with Crippen LogP contribution < -0.4 is 5.32 Å². The second kappa shape index (κ2) is 8.81. The quantitative estimate of drug-likeness (QED) is 0.400. The molecule has 1 fully saturated rings. The zero-order valence-corrected chi connectivity index (χ0v) is 22.2. The van der Waals surface area contributed by atoms with E-state index in [-0.39, 0.29) is 23.7 Å². The molecule has 0 amide bonds. The number of aryl methyl sites for hydroxylation is 1. The molecule has 2 heterocycles. The summed E-state index contributed by atoms with van der Waals surface area (Å²) in [6, 6.07) is 13.7. The first-order valence-corrected chi connectivity index (χ1v) is 15.7. The fourth-order valence-corrected chi connectivity index (χ4v) is 6.97. The number of nitrogens with zero attached hydrogens (tertiary/aromatic N) is 2. The van der Waals surface area contributed by atoms with Crippen molar-refractivity contribution in [1.82, 2.24) is 9.55 Å². The van der Waals surface area contributed by atoms with Crippen LogP contribution in [0.2, 0.25) is 18.1 Å². The van der Waals surface area contributed by atoms with Crippen molar-refractivity contribution in [2.75, 3.05) is 11.9 Å². The van der Waals surface area contributed by atoms with Crippen molar-refractivity contribution in [2.24, 2.45) is 5.92 Å². The molecule has 2 N–H and O–H groups in total. The number of aromatic nitrogens is 2. The van der Waals surface area contributed by atoms with Crippen molar-refractivity contribution < 1.29 is 9.53 Å². The maximum absolute atomic E-state index is 10.2. The van der Waals surface area contributed by atoms with Gasteiger partial charge in [0, 0.05) is 36.3 Å². The molecule has 3 aromatic rings. The second-order valence-electron chi connectivity index (χ2n) is 11.7. The van der Waals surface area contributed by atoms with E-state index in [9.17, 15) is 5.11 Å². The summed E-state index contributed by atoms with van der Waals surface area (Å²) in [5, 5.41) is 15.2. The van der Waals surface area contributed by atoms with Crippen molar-refractivity contribution in [3.63, 3.8) is 0 Å². The van der Waals surface area contributed by atoms with Gasteiger partial charge in [0.1, 0.15) is 5.82 Å². The van der Waals surface area contributed by atoms with Gasteiger partial charge < -0.3 is 19.4 Å². The molecule has 0 bridgehead atoms. The van der Waals surface area contributed by atoms with Crippen LogP contribution in [0, 0.1) is 5.92 Å². The Morgan fingerprint density at radius 3 is 2.71 bits per heavy atom. The summed E-state index contributed by atoms with van der Waals surface area (Å²) in [5.41, 5.74) is 4.05. The van der Waals surface area contributed by atoms with Crippen molar-refractivity contribution in [1.29, 1.82) is 0 Å². The first-order valence-electron chi connectivity index (χ1n) is 12.8. The van der Waals surface area contributed by atoms with E-state index < -0.39 is 8.32 Å². The molecule has 0 saturated heterocycles. The van der Waals surface area contributed by atoms with Gasteiger partial charge in [-0.1, -0.05) is 45.0 Å². The average Bonchev–Trinajstić information content (AvgIpc) is 3.50. The molecular weight excluding hydrogens is 438 g/mol. The predicted octanol–water partition coefficient (Wildman–Crippen LogP) is 6.47. The number of aliphatic hydroxyl groups excluding tert-OH is 1. The smallest absolute Gasteiger partial charge is 0.192 e.